The van der Waals surface area contributed by atoms with Crippen molar-refractivity contribution in [1.82, 2.24) is 29.4 Å². The van der Waals surface area contributed by atoms with Gasteiger partial charge in [0.25, 0.3) is 11.8 Å². The summed E-state index contributed by atoms with van der Waals surface area (Å²) in [7, 11) is -4.97. The third-order valence-corrected chi connectivity index (χ3v) is 6.86. The number of β-lactam (4-membered cyclic amide) rings is 1. The first-order chi connectivity index (χ1) is 19.7. The standard InChI is InChI=1S/C23H32N8O10S2/c1-12(19(34)39-22(2,3)4)41-29-15(13-9-42-20(26-13)28-21(35)40-23(5,6)7)17(32)27-16-14(8-30-11-24-10-25-30)31(18(16)33)43(36,37)38/h9-12,14,16H,8H2,1-7H3,(H,27,32)(H,26,28,35)(H,36,37,38)/b29-15-/t12?,14-,16+/m1/s1. The molecule has 1 unspecified atom stereocenters. The van der Waals surface area contributed by atoms with Crippen LogP contribution in [0.1, 0.15) is 54.2 Å². The lowest BCUT2D eigenvalue weighted by molar-refractivity contribution is -0.167. The molecule has 20 heteroatoms. The number of esters is 1. The quantitative estimate of drug-likeness (QED) is 0.107. The Morgan fingerprint density at radius 2 is 1.81 bits per heavy atom. The summed E-state index contributed by atoms with van der Waals surface area (Å²) < 4.78 is 45.0. The highest BCUT2D eigenvalue weighted by Gasteiger charge is 2.54. The molecular weight excluding hydrogens is 612 g/mol. The number of hydrogen-bond acceptors (Lipinski definition) is 14. The number of anilines is 1. The Hall–Kier alpha value is -4.17. The molecule has 18 nitrogen and oxygen atoms in total. The molecule has 0 aromatic carbocycles. The molecule has 0 bridgehead atoms. The van der Waals surface area contributed by atoms with Gasteiger partial charge in [0.1, 0.15) is 35.6 Å². The molecule has 0 spiro atoms. The zero-order valence-corrected chi connectivity index (χ0v) is 25.9. The third kappa shape index (κ3) is 9.16. The van der Waals surface area contributed by atoms with Crippen LogP contribution in [0.2, 0.25) is 0 Å². The van der Waals surface area contributed by atoms with Gasteiger partial charge in [-0.3, -0.25) is 24.1 Å². The van der Waals surface area contributed by atoms with Gasteiger partial charge in [-0.15, -0.1) is 11.3 Å². The summed E-state index contributed by atoms with van der Waals surface area (Å²) in [5, 5.41) is 13.8. The zero-order valence-electron chi connectivity index (χ0n) is 24.3. The van der Waals surface area contributed by atoms with E-state index in [-0.39, 0.29) is 21.7 Å². The second kappa shape index (κ2) is 12.6. The number of nitrogens with one attached hydrogen (secondary N) is 2. The molecule has 3 atom stereocenters. The van der Waals surface area contributed by atoms with Crippen LogP contribution < -0.4 is 10.6 Å². The lowest BCUT2D eigenvalue weighted by Gasteiger charge is -2.43. The average molecular weight is 645 g/mol. The van der Waals surface area contributed by atoms with Crippen molar-refractivity contribution in [1.29, 1.82) is 0 Å². The van der Waals surface area contributed by atoms with Crippen molar-refractivity contribution >= 4 is 56.4 Å². The van der Waals surface area contributed by atoms with Crippen LogP contribution in [0.4, 0.5) is 9.93 Å². The van der Waals surface area contributed by atoms with E-state index in [1.165, 1.54) is 29.6 Å². The topological polar surface area (TPSA) is 234 Å². The van der Waals surface area contributed by atoms with Gasteiger partial charge in [0.2, 0.25) is 6.10 Å². The van der Waals surface area contributed by atoms with Crippen LogP contribution >= 0.6 is 11.3 Å². The van der Waals surface area contributed by atoms with Gasteiger partial charge in [-0.2, -0.15) is 13.5 Å². The summed E-state index contributed by atoms with van der Waals surface area (Å²) in [5.41, 5.74) is -2.29. The van der Waals surface area contributed by atoms with E-state index in [2.05, 4.69) is 30.9 Å². The molecule has 3 rings (SSSR count). The molecule has 236 valence electrons. The molecule has 0 aliphatic carbocycles. The first-order valence-corrected chi connectivity index (χ1v) is 14.9. The van der Waals surface area contributed by atoms with Gasteiger partial charge < -0.3 is 19.6 Å². The van der Waals surface area contributed by atoms with E-state index in [1.54, 1.807) is 41.5 Å². The molecule has 1 aliphatic rings. The van der Waals surface area contributed by atoms with Crippen molar-refractivity contribution in [2.45, 2.75) is 84.4 Å². The van der Waals surface area contributed by atoms with Crippen LogP contribution in [-0.2, 0) is 45.5 Å². The van der Waals surface area contributed by atoms with Crippen LogP contribution in [0.5, 0.6) is 0 Å². The molecular formula is C23H32N8O10S2. The molecule has 3 N–H and O–H groups in total. The van der Waals surface area contributed by atoms with Crippen LogP contribution in [0.3, 0.4) is 0 Å². The Balaban J connectivity index is 1.88. The highest BCUT2D eigenvalue weighted by atomic mass is 32.2. The maximum absolute atomic E-state index is 13.4. The maximum atomic E-state index is 13.4. The Morgan fingerprint density at radius 1 is 1.16 bits per heavy atom. The minimum Gasteiger partial charge on any atom is -0.457 e. The molecule has 3 amide bonds. The van der Waals surface area contributed by atoms with Gasteiger partial charge in [-0.1, -0.05) is 5.16 Å². The molecule has 2 aromatic rings. The van der Waals surface area contributed by atoms with Crippen LogP contribution in [0.15, 0.2) is 23.2 Å². The second-order valence-corrected chi connectivity index (χ2v) is 13.3. The molecule has 1 saturated heterocycles. The summed E-state index contributed by atoms with van der Waals surface area (Å²) in [5.74, 6) is -2.97. The molecule has 0 saturated carbocycles. The van der Waals surface area contributed by atoms with Gasteiger partial charge in [0, 0.05) is 5.38 Å². The third-order valence-electron chi connectivity index (χ3n) is 5.16. The summed E-state index contributed by atoms with van der Waals surface area (Å²) in [6.07, 6.45) is 0.329. The number of aromatic nitrogens is 4. The molecule has 43 heavy (non-hydrogen) atoms. The van der Waals surface area contributed by atoms with Crippen molar-refractivity contribution < 1.29 is 46.5 Å². The zero-order chi connectivity index (χ0) is 32.3. The predicted octanol–water partition coefficient (Wildman–Crippen LogP) is 0.731. The molecule has 3 heterocycles. The Labute approximate surface area is 250 Å². The van der Waals surface area contributed by atoms with E-state index in [4.69, 9.17) is 14.3 Å². The Kier molecular flexibility index (Phi) is 9.76. The first kappa shape index (κ1) is 33.3. The number of oxime groups is 1. The molecule has 1 aliphatic heterocycles. The number of rotatable bonds is 10. The van der Waals surface area contributed by atoms with Crippen molar-refractivity contribution in [2.24, 2.45) is 5.16 Å². The number of ether oxygens (including phenoxy) is 2. The lowest BCUT2D eigenvalue weighted by atomic mass is 9.98. The van der Waals surface area contributed by atoms with E-state index in [0.717, 1.165) is 11.3 Å². The summed E-state index contributed by atoms with van der Waals surface area (Å²) >= 11 is 0.907. The van der Waals surface area contributed by atoms with E-state index in [0.29, 0.717) is 0 Å². The van der Waals surface area contributed by atoms with Crippen LogP contribution in [0, 0.1) is 0 Å². The summed E-state index contributed by atoms with van der Waals surface area (Å²) in [4.78, 5) is 63.8. The average Bonchev–Trinajstić information content (AvgIpc) is 3.51. The van der Waals surface area contributed by atoms with Crippen molar-refractivity contribution in [3.05, 3.63) is 23.7 Å². The minimum atomic E-state index is -4.97. The minimum absolute atomic E-state index is 0.0197. The molecule has 0 radical (unpaired) electrons. The summed E-state index contributed by atoms with van der Waals surface area (Å²) in [6, 6.07) is -2.74. The number of nitrogens with zero attached hydrogens (tertiary/aromatic N) is 6. The largest absolute Gasteiger partial charge is 0.457 e. The number of hydrogen-bond donors (Lipinski definition) is 3. The Bertz CT molecular complexity index is 1490. The van der Waals surface area contributed by atoms with Gasteiger partial charge in [-0.25, -0.2) is 23.9 Å². The number of carbonyl (C=O) groups excluding carboxylic acids is 4. The summed E-state index contributed by atoms with van der Waals surface area (Å²) in [6.45, 7) is 11.0. The number of amides is 3. The maximum Gasteiger partial charge on any atom is 0.413 e. The first-order valence-electron chi connectivity index (χ1n) is 12.6. The smallest absolute Gasteiger partial charge is 0.413 e. The fourth-order valence-corrected chi connectivity index (χ4v) is 5.02. The van der Waals surface area contributed by atoms with Gasteiger partial charge in [0.05, 0.1) is 12.6 Å². The predicted molar refractivity (Wildman–Crippen MR) is 149 cm³/mol. The van der Waals surface area contributed by atoms with Gasteiger partial charge in [0.15, 0.2) is 10.8 Å². The second-order valence-electron chi connectivity index (χ2n) is 11.1. The van der Waals surface area contributed by atoms with Crippen molar-refractivity contribution in [3.8, 4) is 0 Å². The molecule has 1 fully saturated rings. The van der Waals surface area contributed by atoms with Gasteiger partial charge >= 0.3 is 22.4 Å². The van der Waals surface area contributed by atoms with E-state index < -0.39 is 69.3 Å². The fourth-order valence-electron chi connectivity index (χ4n) is 3.46. The lowest BCUT2D eigenvalue weighted by Crippen LogP contribution is -2.73. The molecule has 2 aromatic heterocycles. The highest BCUT2D eigenvalue weighted by Crippen LogP contribution is 2.25. The van der Waals surface area contributed by atoms with E-state index >= 15 is 0 Å². The van der Waals surface area contributed by atoms with Crippen LogP contribution in [0.25, 0.3) is 0 Å². The number of carbonyl (C=O) groups is 4. The normalized spacial score (nSPS) is 18.4. The van der Waals surface area contributed by atoms with E-state index in [9.17, 15) is 32.1 Å². The SMILES string of the molecule is CC(O/N=C(\C(=O)N[C@@H]1C(=O)N(S(=O)(=O)O)[C@@H]1Cn1cncn1)c1csc(NC(=O)OC(C)(C)C)n1)C(=O)OC(C)(C)C. The number of thiazole rings is 1. The van der Waals surface area contributed by atoms with E-state index in [1.807, 2.05) is 0 Å². The fraction of sp³-hybridized carbons (Fsp3) is 0.565. The van der Waals surface area contributed by atoms with Crippen molar-refractivity contribution in [3.63, 3.8) is 0 Å². The Morgan fingerprint density at radius 3 is 2.37 bits per heavy atom. The highest BCUT2D eigenvalue weighted by molar-refractivity contribution is 7.84. The van der Waals surface area contributed by atoms with Crippen molar-refractivity contribution in [2.75, 3.05) is 5.32 Å². The van der Waals surface area contributed by atoms with Gasteiger partial charge in [-0.05, 0) is 48.5 Å². The monoisotopic (exact) mass is 644 g/mol. The van der Waals surface area contributed by atoms with Crippen LogP contribution in [-0.4, -0.2) is 96.0 Å².